The van der Waals surface area contributed by atoms with Gasteiger partial charge < -0.3 is 4.90 Å². The lowest BCUT2D eigenvalue weighted by Gasteiger charge is -2.17. The van der Waals surface area contributed by atoms with Crippen LogP contribution in [0.5, 0.6) is 0 Å². The molecule has 2 aromatic carbocycles. The molecule has 0 unspecified atom stereocenters. The summed E-state index contributed by atoms with van der Waals surface area (Å²) < 4.78 is 0. The van der Waals surface area contributed by atoms with Gasteiger partial charge in [-0.3, -0.25) is 9.59 Å². The van der Waals surface area contributed by atoms with Crippen LogP contribution in [0.4, 0.5) is 5.69 Å². The van der Waals surface area contributed by atoms with E-state index in [9.17, 15) is 9.59 Å². The number of hydrogen-bond acceptors (Lipinski definition) is 2. The fourth-order valence-corrected chi connectivity index (χ4v) is 2.71. The zero-order valence-electron chi connectivity index (χ0n) is 10.8. The Morgan fingerprint density at radius 3 is 2.79 bits per heavy atom. The Balaban J connectivity index is 2.23. The summed E-state index contributed by atoms with van der Waals surface area (Å²) in [5.74, 6) is 0.0529. The standard InChI is InChI=1S/C16H15NO2/c1-2-3-9-17-14-8-7-11(10-18)12-5-4-6-13(15(12)14)16(17)19/h4-8,10H,2-3,9H2,1H3. The summed E-state index contributed by atoms with van der Waals surface area (Å²) in [6, 6.07) is 9.27. The zero-order valence-corrected chi connectivity index (χ0v) is 10.8. The van der Waals surface area contributed by atoms with E-state index in [1.54, 1.807) is 6.07 Å². The second-order valence-corrected chi connectivity index (χ2v) is 4.83. The molecule has 1 aliphatic rings. The van der Waals surface area contributed by atoms with Crippen molar-refractivity contribution < 1.29 is 9.59 Å². The summed E-state index contributed by atoms with van der Waals surface area (Å²) >= 11 is 0. The highest BCUT2D eigenvalue weighted by Crippen LogP contribution is 2.38. The van der Waals surface area contributed by atoms with Gasteiger partial charge in [0.05, 0.1) is 5.69 Å². The van der Waals surface area contributed by atoms with Crippen molar-refractivity contribution in [3.8, 4) is 0 Å². The van der Waals surface area contributed by atoms with Crippen molar-refractivity contribution >= 4 is 28.7 Å². The van der Waals surface area contributed by atoms with Crippen molar-refractivity contribution in [2.75, 3.05) is 11.4 Å². The Bertz CT molecular complexity index is 676. The number of nitrogens with zero attached hydrogens (tertiary/aromatic N) is 1. The SMILES string of the molecule is CCCCN1C(=O)c2cccc3c(C=O)ccc1c23. The van der Waals surface area contributed by atoms with Gasteiger partial charge in [-0.15, -0.1) is 0 Å². The van der Waals surface area contributed by atoms with Gasteiger partial charge in [0, 0.05) is 23.1 Å². The van der Waals surface area contributed by atoms with E-state index in [-0.39, 0.29) is 5.91 Å². The van der Waals surface area contributed by atoms with E-state index in [1.807, 2.05) is 29.2 Å². The van der Waals surface area contributed by atoms with Crippen LogP contribution < -0.4 is 4.90 Å². The number of carbonyl (C=O) groups excluding carboxylic acids is 2. The van der Waals surface area contributed by atoms with E-state index in [0.717, 1.165) is 42.1 Å². The topological polar surface area (TPSA) is 37.4 Å². The minimum absolute atomic E-state index is 0.0529. The van der Waals surface area contributed by atoms with Crippen molar-refractivity contribution in [2.45, 2.75) is 19.8 Å². The highest BCUT2D eigenvalue weighted by atomic mass is 16.2. The molecule has 0 radical (unpaired) electrons. The first-order valence-electron chi connectivity index (χ1n) is 6.60. The highest BCUT2D eigenvalue weighted by Gasteiger charge is 2.29. The number of benzene rings is 2. The molecule has 1 heterocycles. The third-order valence-electron chi connectivity index (χ3n) is 3.68. The van der Waals surface area contributed by atoms with Crippen molar-refractivity contribution in [2.24, 2.45) is 0 Å². The predicted octanol–water partition coefficient (Wildman–Crippen LogP) is 3.41. The number of amides is 1. The smallest absolute Gasteiger partial charge is 0.258 e. The lowest BCUT2D eigenvalue weighted by atomic mass is 10.0. The first-order valence-corrected chi connectivity index (χ1v) is 6.60. The van der Waals surface area contributed by atoms with Crippen LogP contribution in [0.3, 0.4) is 0 Å². The fourth-order valence-electron chi connectivity index (χ4n) is 2.71. The van der Waals surface area contributed by atoms with Crippen LogP contribution in [0.15, 0.2) is 30.3 Å². The first kappa shape index (κ1) is 11.9. The third kappa shape index (κ3) is 1.65. The number of unbranched alkanes of at least 4 members (excludes halogenated alkanes) is 1. The molecule has 3 rings (SSSR count). The van der Waals surface area contributed by atoms with E-state index in [0.29, 0.717) is 11.1 Å². The molecule has 0 atom stereocenters. The molecule has 2 aromatic rings. The normalized spacial score (nSPS) is 13.3. The molecule has 0 bridgehead atoms. The number of anilines is 1. The maximum Gasteiger partial charge on any atom is 0.258 e. The third-order valence-corrected chi connectivity index (χ3v) is 3.68. The lowest BCUT2D eigenvalue weighted by Crippen LogP contribution is -2.27. The zero-order chi connectivity index (χ0) is 13.4. The number of hydrogen-bond donors (Lipinski definition) is 0. The number of carbonyl (C=O) groups is 2. The van der Waals surface area contributed by atoms with Crippen LogP contribution in [0.2, 0.25) is 0 Å². The van der Waals surface area contributed by atoms with Gasteiger partial charge in [-0.05, 0) is 30.0 Å². The molecular formula is C16H15NO2. The maximum atomic E-state index is 12.4. The highest BCUT2D eigenvalue weighted by molar-refractivity contribution is 6.26. The van der Waals surface area contributed by atoms with Crippen LogP contribution in [0, 0.1) is 0 Å². The summed E-state index contributed by atoms with van der Waals surface area (Å²) in [5.41, 5.74) is 2.30. The molecule has 0 saturated heterocycles. The van der Waals surface area contributed by atoms with Crippen LogP contribution >= 0.6 is 0 Å². The average Bonchev–Trinajstić information content (AvgIpc) is 2.72. The largest absolute Gasteiger partial charge is 0.308 e. The van der Waals surface area contributed by atoms with Crippen molar-refractivity contribution in [3.63, 3.8) is 0 Å². The quantitative estimate of drug-likeness (QED) is 0.783. The monoisotopic (exact) mass is 253 g/mol. The number of rotatable bonds is 4. The first-order chi connectivity index (χ1) is 9.27. The molecule has 1 amide bonds. The molecular weight excluding hydrogens is 238 g/mol. The average molecular weight is 253 g/mol. The van der Waals surface area contributed by atoms with Gasteiger partial charge in [-0.1, -0.05) is 25.5 Å². The van der Waals surface area contributed by atoms with E-state index >= 15 is 0 Å². The lowest BCUT2D eigenvalue weighted by molar-refractivity contribution is 0.0992. The Labute approximate surface area is 111 Å². The summed E-state index contributed by atoms with van der Waals surface area (Å²) in [7, 11) is 0. The van der Waals surface area contributed by atoms with E-state index in [2.05, 4.69) is 6.92 Å². The number of aldehydes is 1. The van der Waals surface area contributed by atoms with E-state index < -0.39 is 0 Å². The molecule has 0 saturated carbocycles. The van der Waals surface area contributed by atoms with Gasteiger partial charge in [0.15, 0.2) is 6.29 Å². The van der Waals surface area contributed by atoms with Crippen LogP contribution in [0.1, 0.15) is 40.5 Å². The molecule has 96 valence electrons. The minimum Gasteiger partial charge on any atom is -0.308 e. The molecule has 0 N–H and O–H groups in total. The van der Waals surface area contributed by atoms with Gasteiger partial charge in [0.2, 0.25) is 0 Å². The Morgan fingerprint density at radius 2 is 2.05 bits per heavy atom. The van der Waals surface area contributed by atoms with Gasteiger partial charge in [-0.2, -0.15) is 0 Å². The summed E-state index contributed by atoms with van der Waals surface area (Å²) in [6.07, 6.45) is 2.88. The maximum absolute atomic E-state index is 12.4. The van der Waals surface area contributed by atoms with Gasteiger partial charge in [0.1, 0.15) is 0 Å². The summed E-state index contributed by atoms with van der Waals surface area (Å²) in [6.45, 7) is 2.85. The molecule has 1 aliphatic heterocycles. The Morgan fingerprint density at radius 1 is 1.21 bits per heavy atom. The summed E-state index contributed by atoms with van der Waals surface area (Å²) in [4.78, 5) is 25.3. The molecule has 0 spiro atoms. The molecule has 0 aromatic heterocycles. The second-order valence-electron chi connectivity index (χ2n) is 4.83. The molecule has 0 aliphatic carbocycles. The van der Waals surface area contributed by atoms with Crippen LogP contribution in [0.25, 0.3) is 10.8 Å². The molecule has 19 heavy (non-hydrogen) atoms. The fraction of sp³-hybridized carbons (Fsp3) is 0.250. The van der Waals surface area contributed by atoms with E-state index in [1.165, 1.54) is 0 Å². The van der Waals surface area contributed by atoms with Crippen LogP contribution in [-0.2, 0) is 0 Å². The summed E-state index contributed by atoms with van der Waals surface area (Å²) in [5, 5.41) is 1.80. The van der Waals surface area contributed by atoms with Crippen molar-refractivity contribution in [1.29, 1.82) is 0 Å². The van der Waals surface area contributed by atoms with E-state index in [4.69, 9.17) is 0 Å². The molecule has 3 nitrogen and oxygen atoms in total. The van der Waals surface area contributed by atoms with Crippen LogP contribution in [-0.4, -0.2) is 18.7 Å². The van der Waals surface area contributed by atoms with Gasteiger partial charge in [0.25, 0.3) is 5.91 Å². The van der Waals surface area contributed by atoms with Crippen molar-refractivity contribution in [1.82, 2.24) is 0 Å². The predicted molar refractivity (Wildman–Crippen MR) is 75.9 cm³/mol. The Kier molecular flexibility index (Phi) is 2.82. The van der Waals surface area contributed by atoms with Crippen molar-refractivity contribution in [3.05, 3.63) is 41.5 Å². The van der Waals surface area contributed by atoms with Gasteiger partial charge in [-0.25, -0.2) is 0 Å². The molecule has 0 fully saturated rings. The minimum atomic E-state index is 0.0529. The second kappa shape index (κ2) is 4.50. The Hall–Kier alpha value is -2.16. The van der Waals surface area contributed by atoms with Gasteiger partial charge >= 0.3 is 0 Å². The molecule has 3 heteroatoms.